The Morgan fingerprint density at radius 1 is 1.07 bits per heavy atom. The van der Waals surface area contributed by atoms with Gasteiger partial charge in [0.1, 0.15) is 11.9 Å². The van der Waals surface area contributed by atoms with Gasteiger partial charge in [-0.2, -0.15) is 0 Å². The molecule has 8 heteroatoms. The Morgan fingerprint density at radius 2 is 1.86 bits per heavy atom. The molecule has 4 N–H and O–H groups in total. The van der Waals surface area contributed by atoms with E-state index in [0.717, 1.165) is 16.9 Å². The van der Waals surface area contributed by atoms with Gasteiger partial charge in [0.05, 0.1) is 28.7 Å². The summed E-state index contributed by atoms with van der Waals surface area (Å²) in [6, 6.07) is 13.5. The van der Waals surface area contributed by atoms with Gasteiger partial charge in [0, 0.05) is 13.0 Å². The third-order valence-corrected chi connectivity index (χ3v) is 4.56. The largest absolute Gasteiger partial charge is 0.356 e. The third kappa shape index (κ3) is 3.71. The first-order valence-corrected chi connectivity index (χ1v) is 9.01. The van der Waals surface area contributed by atoms with Crippen LogP contribution in [0.4, 0.5) is 5.69 Å². The lowest BCUT2D eigenvalue weighted by atomic mass is 10.1. The topological polar surface area (TPSA) is 116 Å². The van der Waals surface area contributed by atoms with E-state index in [2.05, 4.69) is 25.9 Å². The zero-order valence-corrected chi connectivity index (χ0v) is 15.0. The molecule has 0 saturated carbocycles. The molecular formula is C20H19N5O3. The van der Waals surface area contributed by atoms with Crippen molar-refractivity contribution in [3.05, 3.63) is 59.9 Å². The molecule has 8 nitrogen and oxygen atoms in total. The van der Waals surface area contributed by atoms with Gasteiger partial charge in [-0.1, -0.05) is 24.3 Å². The lowest BCUT2D eigenvalue weighted by Gasteiger charge is -2.14. The summed E-state index contributed by atoms with van der Waals surface area (Å²) in [6.07, 6.45) is 0.404. The van der Waals surface area contributed by atoms with Crippen molar-refractivity contribution in [2.45, 2.75) is 18.9 Å². The fourth-order valence-electron chi connectivity index (χ4n) is 3.16. The van der Waals surface area contributed by atoms with E-state index in [1.165, 1.54) is 0 Å². The summed E-state index contributed by atoms with van der Waals surface area (Å²) in [7, 11) is 0. The van der Waals surface area contributed by atoms with Gasteiger partial charge in [0.15, 0.2) is 0 Å². The number of anilines is 1. The SMILES string of the molecule is O=C(C[C@@H]1NC(=O)c2ccccc2NC1=O)NCCc1nc2ccccc2[nH]1. The first-order chi connectivity index (χ1) is 13.6. The predicted octanol–water partition coefficient (Wildman–Crippen LogP) is 1.36. The molecule has 2 heterocycles. The van der Waals surface area contributed by atoms with Crippen LogP contribution in [0, 0.1) is 0 Å². The number of nitrogens with one attached hydrogen (secondary N) is 4. The summed E-state index contributed by atoms with van der Waals surface area (Å²) in [5.74, 6) is -0.334. The van der Waals surface area contributed by atoms with Crippen molar-refractivity contribution in [1.29, 1.82) is 0 Å². The third-order valence-electron chi connectivity index (χ3n) is 4.56. The maximum Gasteiger partial charge on any atom is 0.254 e. The van der Waals surface area contributed by atoms with Crippen LogP contribution in [0.25, 0.3) is 11.0 Å². The average molecular weight is 377 g/mol. The highest BCUT2D eigenvalue weighted by Crippen LogP contribution is 2.18. The summed E-state index contributed by atoms with van der Waals surface area (Å²) < 4.78 is 0. The number of para-hydroxylation sites is 3. The molecule has 0 aliphatic carbocycles. The van der Waals surface area contributed by atoms with Gasteiger partial charge in [-0.3, -0.25) is 14.4 Å². The summed E-state index contributed by atoms with van der Waals surface area (Å²) in [6.45, 7) is 0.376. The summed E-state index contributed by atoms with van der Waals surface area (Å²) in [5.41, 5.74) is 2.64. The van der Waals surface area contributed by atoms with Crippen molar-refractivity contribution in [3.63, 3.8) is 0 Å². The number of hydrogen-bond acceptors (Lipinski definition) is 4. The van der Waals surface area contributed by atoms with Crippen molar-refractivity contribution >= 4 is 34.4 Å². The number of hydrogen-bond donors (Lipinski definition) is 4. The van der Waals surface area contributed by atoms with E-state index < -0.39 is 11.9 Å². The Bertz CT molecular complexity index is 1030. The molecule has 0 bridgehead atoms. The van der Waals surface area contributed by atoms with E-state index in [-0.39, 0.29) is 18.2 Å². The minimum Gasteiger partial charge on any atom is -0.356 e. The monoisotopic (exact) mass is 377 g/mol. The van der Waals surface area contributed by atoms with Crippen molar-refractivity contribution in [1.82, 2.24) is 20.6 Å². The molecule has 1 aliphatic heterocycles. The number of fused-ring (bicyclic) bond motifs is 2. The molecular weight excluding hydrogens is 358 g/mol. The summed E-state index contributed by atoms with van der Waals surface area (Å²) >= 11 is 0. The fraction of sp³-hybridized carbons (Fsp3) is 0.200. The van der Waals surface area contributed by atoms with E-state index >= 15 is 0 Å². The predicted molar refractivity (Wildman–Crippen MR) is 104 cm³/mol. The van der Waals surface area contributed by atoms with Gasteiger partial charge in [-0.15, -0.1) is 0 Å². The highest BCUT2D eigenvalue weighted by atomic mass is 16.2. The van der Waals surface area contributed by atoms with Crippen molar-refractivity contribution in [3.8, 4) is 0 Å². The normalized spacial score (nSPS) is 16.1. The molecule has 0 unspecified atom stereocenters. The molecule has 28 heavy (non-hydrogen) atoms. The number of amides is 3. The Hall–Kier alpha value is -3.68. The Morgan fingerprint density at radius 3 is 2.71 bits per heavy atom. The number of rotatable bonds is 5. The van der Waals surface area contributed by atoms with Crippen LogP contribution in [0.5, 0.6) is 0 Å². The van der Waals surface area contributed by atoms with Crippen LogP contribution in [-0.2, 0) is 16.0 Å². The molecule has 1 aliphatic rings. The van der Waals surface area contributed by atoms with Crippen LogP contribution < -0.4 is 16.0 Å². The second-order valence-corrected chi connectivity index (χ2v) is 6.57. The van der Waals surface area contributed by atoms with Crippen LogP contribution >= 0.6 is 0 Å². The number of imidazole rings is 1. The highest BCUT2D eigenvalue weighted by molar-refractivity contribution is 6.10. The molecule has 4 rings (SSSR count). The summed E-state index contributed by atoms with van der Waals surface area (Å²) in [4.78, 5) is 44.5. The van der Waals surface area contributed by atoms with Gasteiger partial charge in [-0.05, 0) is 24.3 Å². The minimum atomic E-state index is -0.925. The van der Waals surface area contributed by atoms with E-state index in [4.69, 9.17) is 0 Å². The van der Waals surface area contributed by atoms with Gasteiger partial charge < -0.3 is 20.9 Å². The number of nitrogens with zero attached hydrogens (tertiary/aromatic N) is 1. The number of aromatic amines is 1. The molecule has 0 fully saturated rings. The van der Waals surface area contributed by atoms with Gasteiger partial charge >= 0.3 is 0 Å². The first-order valence-electron chi connectivity index (χ1n) is 9.01. The molecule has 0 spiro atoms. The maximum atomic E-state index is 12.3. The molecule has 3 amide bonds. The van der Waals surface area contributed by atoms with Crippen LogP contribution in [0.1, 0.15) is 22.6 Å². The van der Waals surface area contributed by atoms with E-state index in [1.54, 1.807) is 24.3 Å². The standard InChI is InChI=1S/C20H19N5O3/c26-18(21-10-9-17-22-14-7-3-4-8-15(14)23-17)11-16-20(28)24-13-6-2-1-5-12(13)19(27)25-16/h1-8,16H,9-11H2,(H,21,26)(H,22,23)(H,24,28)(H,25,27)/t16-/m0/s1. The fourth-order valence-corrected chi connectivity index (χ4v) is 3.16. The zero-order valence-electron chi connectivity index (χ0n) is 15.0. The number of H-pyrrole nitrogens is 1. The number of carbonyl (C=O) groups is 3. The van der Waals surface area contributed by atoms with Gasteiger partial charge in [-0.25, -0.2) is 4.98 Å². The van der Waals surface area contributed by atoms with Gasteiger partial charge in [0.25, 0.3) is 5.91 Å². The van der Waals surface area contributed by atoms with Gasteiger partial charge in [0.2, 0.25) is 11.8 Å². The van der Waals surface area contributed by atoms with Crippen molar-refractivity contribution < 1.29 is 14.4 Å². The lowest BCUT2D eigenvalue weighted by molar-refractivity contribution is -0.125. The van der Waals surface area contributed by atoms with Crippen molar-refractivity contribution in [2.75, 3.05) is 11.9 Å². The van der Waals surface area contributed by atoms with Crippen LogP contribution in [-0.4, -0.2) is 40.3 Å². The molecule has 3 aromatic rings. The summed E-state index contributed by atoms with van der Waals surface area (Å²) in [5, 5.41) is 8.07. The second kappa shape index (κ2) is 7.51. The second-order valence-electron chi connectivity index (χ2n) is 6.57. The lowest BCUT2D eigenvalue weighted by Crippen LogP contribution is -2.44. The number of aromatic nitrogens is 2. The van der Waals surface area contributed by atoms with Crippen LogP contribution in [0.3, 0.4) is 0 Å². The number of benzene rings is 2. The Kier molecular flexibility index (Phi) is 4.76. The quantitative estimate of drug-likeness (QED) is 0.537. The average Bonchev–Trinajstić information content (AvgIpc) is 3.05. The molecule has 0 saturated heterocycles. The molecule has 142 valence electrons. The molecule has 1 aromatic heterocycles. The zero-order chi connectivity index (χ0) is 19.5. The number of carbonyl (C=O) groups excluding carboxylic acids is 3. The van der Waals surface area contributed by atoms with E-state index in [9.17, 15) is 14.4 Å². The minimum absolute atomic E-state index is 0.133. The molecule has 1 atom stereocenters. The van der Waals surface area contributed by atoms with E-state index in [1.807, 2.05) is 24.3 Å². The van der Waals surface area contributed by atoms with E-state index in [0.29, 0.717) is 24.2 Å². The Labute approximate surface area is 160 Å². The smallest absolute Gasteiger partial charge is 0.254 e. The Balaban J connectivity index is 1.32. The van der Waals surface area contributed by atoms with Crippen LogP contribution in [0.2, 0.25) is 0 Å². The maximum absolute atomic E-state index is 12.3. The highest BCUT2D eigenvalue weighted by Gasteiger charge is 2.29. The van der Waals surface area contributed by atoms with Crippen LogP contribution in [0.15, 0.2) is 48.5 Å². The van der Waals surface area contributed by atoms with Crippen molar-refractivity contribution in [2.24, 2.45) is 0 Å². The molecule has 2 aromatic carbocycles. The molecule has 0 radical (unpaired) electrons. The first kappa shape index (κ1) is 17.7.